The maximum atomic E-state index is 3.80. The molecule has 0 aromatic rings. The van der Waals surface area contributed by atoms with Gasteiger partial charge in [0.05, 0.1) is 0 Å². The second-order valence-electron chi connectivity index (χ2n) is 5.29. The van der Waals surface area contributed by atoms with E-state index in [2.05, 4.69) is 24.0 Å². The van der Waals surface area contributed by atoms with E-state index < -0.39 is 0 Å². The van der Waals surface area contributed by atoms with Gasteiger partial charge in [0.15, 0.2) is 0 Å². The van der Waals surface area contributed by atoms with Crippen LogP contribution in [0, 0.1) is 5.92 Å². The van der Waals surface area contributed by atoms with Crippen molar-refractivity contribution in [3.63, 3.8) is 0 Å². The minimum absolute atomic E-state index is 0.519. The minimum atomic E-state index is 0.519. The normalized spacial score (nSPS) is 37.0. The number of nitrogens with one attached hydrogen (secondary N) is 1. The van der Waals surface area contributed by atoms with Gasteiger partial charge >= 0.3 is 0 Å². The van der Waals surface area contributed by atoms with Crippen molar-refractivity contribution in [2.45, 2.75) is 57.4 Å². The fraction of sp³-hybridized carbons (Fsp3) is 1.00. The van der Waals surface area contributed by atoms with Crippen molar-refractivity contribution in [2.75, 3.05) is 18.1 Å². The second kappa shape index (κ2) is 5.58. The average Bonchev–Trinajstić information content (AvgIpc) is 2.81. The van der Waals surface area contributed by atoms with Gasteiger partial charge in [0.1, 0.15) is 0 Å². The third kappa shape index (κ3) is 3.13. The summed E-state index contributed by atoms with van der Waals surface area (Å²) >= 11 is 2.15. The highest BCUT2D eigenvalue weighted by atomic mass is 32.2. The van der Waals surface area contributed by atoms with E-state index in [1.165, 1.54) is 63.0 Å². The first-order valence-electron chi connectivity index (χ1n) is 6.67. The Balaban J connectivity index is 1.78. The number of hydrogen-bond acceptors (Lipinski definition) is 2. The fourth-order valence-corrected chi connectivity index (χ4v) is 4.35. The maximum absolute atomic E-state index is 3.80. The van der Waals surface area contributed by atoms with Gasteiger partial charge in [-0.15, -0.1) is 0 Å². The predicted octanol–water partition coefficient (Wildman–Crippen LogP) is 3.44. The van der Waals surface area contributed by atoms with E-state index in [-0.39, 0.29) is 0 Å². The lowest BCUT2D eigenvalue weighted by Gasteiger charge is -2.38. The SMILES string of the molecule is CCC1(CCC2CCSC2)CCCCN1. The lowest BCUT2D eigenvalue weighted by molar-refractivity contribution is 0.214. The molecule has 2 atom stereocenters. The van der Waals surface area contributed by atoms with Gasteiger partial charge in [-0.3, -0.25) is 0 Å². The molecule has 0 spiro atoms. The first kappa shape index (κ1) is 11.8. The van der Waals surface area contributed by atoms with E-state index in [9.17, 15) is 0 Å². The quantitative estimate of drug-likeness (QED) is 0.789. The van der Waals surface area contributed by atoms with Crippen molar-refractivity contribution in [3.8, 4) is 0 Å². The van der Waals surface area contributed by atoms with E-state index in [4.69, 9.17) is 0 Å². The molecule has 0 aromatic heterocycles. The van der Waals surface area contributed by atoms with E-state index in [1.54, 1.807) is 0 Å². The van der Waals surface area contributed by atoms with Gasteiger partial charge in [-0.2, -0.15) is 11.8 Å². The summed E-state index contributed by atoms with van der Waals surface area (Å²) in [5.74, 6) is 3.87. The molecule has 15 heavy (non-hydrogen) atoms. The van der Waals surface area contributed by atoms with Gasteiger partial charge in [-0.1, -0.05) is 13.3 Å². The van der Waals surface area contributed by atoms with Gasteiger partial charge < -0.3 is 5.32 Å². The summed E-state index contributed by atoms with van der Waals surface area (Å²) in [4.78, 5) is 0. The zero-order chi connectivity index (χ0) is 10.6. The standard InChI is InChI=1S/C13H25NS/c1-2-13(7-3-4-9-14-13)8-5-12-6-10-15-11-12/h12,14H,2-11H2,1H3. The van der Waals surface area contributed by atoms with Crippen LogP contribution in [0.25, 0.3) is 0 Å². The summed E-state index contributed by atoms with van der Waals surface area (Å²) in [6, 6.07) is 0. The minimum Gasteiger partial charge on any atom is -0.311 e. The maximum Gasteiger partial charge on any atom is 0.0179 e. The highest BCUT2D eigenvalue weighted by molar-refractivity contribution is 7.99. The lowest BCUT2D eigenvalue weighted by Crippen LogP contribution is -2.48. The van der Waals surface area contributed by atoms with Crippen molar-refractivity contribution in [1.82, 2.24) is 5.32 Å². The van der Waals surface area contributed by atoms with E-state index in [0.717, 1.165) is 5.92 Å². The van der Waals surface area contributed by atoms with E-state index in [0.29, 0.717) is 5.54 Å². The molecule has 2 heteroatoms. The monoisotopic (exact) mass is 227 g/mol. The summed E-state index contributed by atoms with van der Waals surface area (Å²) in [6.45, 7) is 3.62. The van der Waals surface area contributed by atoms with Crippen LogP contribution >= 0.6 is 11.8 Å². The topological polar surface area (TPSA) is 12.0 Å². The second-order valence-corrected chi connectivity index (χ2v) is 6.44. The molecule has 0 aliphatic carbocycles. The van der Waals surface area contributed by atoms with Crippen molar-refractivity contribution in [1.29, 1.82) is 0 Å². The Kier molecular flexibility index (Phi) is 4.39. The third-order valence-electron chi connectivity index (χ3n) is 4.31. The highest BCUT2D eigenvalue weighted by Gasteiger charge is 2.30. The molecule has 2 aliphatic heterocycles. The van der Waals surface area contributed by atoms with Crippen LogP contribution < -0.4 is 5.32 Å². The predicted molar refractivity (Wildman–Crippen MR) is 69.5 cm³/mol. The molecule has 2 saturated heterocycles. The summed E-state index contributed by atoms with van der Waals surface area (Å²) in [7, 11) is 0. The molecule has 2 fully saturated rings. The molecular weight excluding hydrogens is 202 g/mol. The van der Waals surface area contributed by atoms with Crippen LogP contribution in [0.1, 0.15) is 51.9 Å². The van der Waals surface area contributed by atoms with Crippen molar-refractivity contribution >= 4 is 11.8 Å². The van der Waals surface area contributed by atoms with Crippen LogP contribution in [0.15, 0.2) is 0 Å². The summed E-state index contributed by atoms with van der Waals surface area (Å²) in [5.41, 5.74) is 0.519. The third-order valence-corrected chi connectivity index (χ3v) is 5.55. The Morgan fingerprint density at radius 3 is 2.93 bits per heavy atom. The molecule has 2 unspecified atom stereocenters. The van der Waals surface area contributed by atoms with Crippen LogP contribution in [-0.4, -0.2) is 23.6 Å². The Morgan fingerprint density at radius 2 is 2.33 bits per heavy atom. The number of piperidine rings is 1. The van der Waals surface area contributed by atoms with Gasteiger partial charge in [-0.05, 0) is 62.5 Å². The van der Waals surface area contributed by atoms with Gasteiger partial charge in [0, 0.05) is 5.54 Å². The Hall–Kier alpha value is 0.310. The van der Waals surface area contributed by atoms with Crippen molar-refractivity contribution < 1.29 is 0 Å². The summed E-state index contributed by atoms with van der Waals surface area (Å²) < 4.78 is 0. The molecule has 1 N–H and O–H groups in total. The first-order valence-corrected chi connectivity index (χ1v) is 7.83. The van der Waals surface area contributed by atoms with Gasteiger partial charge in [0.25, 0.3) is 0 Å². The molecule has 2 heterocycles. The first-order chi connectivity index (χ1) is 7.35. The highest BCUT2D eigenvalue weighted by Crippen LogP contribution is 2.33. The number of hydrogen-bond donors (Lipinski definition) is 1. The smallest absolute Gasteiger partial charge is 0.0179 e. The number of rotatable bonds is 4. The molecule has 0 amide bonds. The van der Waals surface area contributed by atoms with Crippen LogP contribution in [0.4, 0.5) is 0 Å². The molecule has 2 rings (SSSR count). The van der Waals surface area contributed by atoms with Crippen molar-refractivity contribution in [3.05, 3.63) is 0 Å². The Morgan fingerprint density at radius 1 is 1.40 bits per heavy atom. The summed E-state index contributed by atoms with van der Waals surface area (Å²) in [5, 5.41) is 3.80. The Bertz CT molecular complexity index is 181. The number of thioether (sulfide) groups is 1. The van der Waals surface area contributed by atoms with Crippen LogP contribution in [0.3, 0.4) is 0 Å². The summed E-state index contributed by atoms with van der Waals surface area (Å²) in [6.07, 6.45) is 9.95. The van der Waals surface area contributed by atoms with Gasteiger partial charge in [0.2, 0.25) is 0 Å². The molecule has 1 nitrogen and oxygen atoms in total. The molecule has 2 aliphatic rings. The van der Waals surface area contributed by atoms with E-state index >= 15 is 0 Å². The molecule has 0 bridgehead atoms. The van der Waals surface area contributed by atoms with Crippen LogP contribution in [-0.2, 0) is 0 Å². The molecule has 88 valence electrons. The van der Waals surface area contributed by atoms with Crippen molar-refractivity contribution in [2.24, 2.45) is 5.92 Å². The fourth-order valence-electron chi connectivity index (χ4n) is 3.01. The van der Waals surface area contributed by atoms with Crippen LogP contribution in [0.5, 0.6) is 0 Å². The lowest BCUT2D eigenvalue weighted by atomic mass is 9.80. The average molecular weight is 227 g/mol. The molecule has 0 radical (unpaired) electrons. The Labute approximate surface area is 98.8 Å². The zero-order valence-corrected chi connectivity index (χ0v) is 10.9. The molecule has 0 saturated carbocycles. The van der Waals surface area contributed by atoms with Crippen LogP contribution in [0.2, 0.25) is 0 Å². The largest absolute Gasteiger partial charge is 0.311 e. The molecule has 0 aromatic carbocycles. The molecular formula is C13H25NS. The van der Waals surface area contributed by atoms with E-state index in [1.807, 2.05) is 0 Å². The zero-order valence-electron chi connectivity index (χ0n) is 10.1. The van der Waals surface area contributed by atoms with Gasteiger partial charge in [-0.25, -0.2) is 0 Å².